The summed E-state index contributed by atoms with van der Waals surface area (Å²) in [5.74, 6) is 1.53. The lowest BCUT2D eigenvalue weighted by Crippen LogP contribution is -3.13. The third-order valence-corrected chi connectivity index (χ3v) is 5.01. The van der Waals surface area contributed by atoms with Crippen molar-refractivity contribution in [3.63, 3.8) is 0 Å². The number of quaternary nitrogens is 1. The van der Waals surface area contributed by atoms with Gasteiger partial charge >= 0.3 is 0 Å². The minimum atomic E-state index is 0.760. The van der Waals surface area contributed by atoms with Gasteiger partial charge in [-0.1, -0.05) is 29.8 Å². The summed E-state index contributed by atoms with van der Waals surface area (Å²) >= 11 is 6.27. The molecule has 0 aliphatic carbocycles. The van der Waals surface area contributed by atoms with E-state index in [4.69, 9.17) is 21.1 Å². The number of hydrogen-bond donors (Lipinski definition) is 1. The molecule has 0 radical (unpaired) electrons. The van der Waals surface area contributed by atoms with E-state index in [-0.39, 0.29) is 0 Å². The molecule has 0 atom stereocenters. The largest absolute Gasteiger partial charge is 0.497 e. The molecular formula is C20H25ClN3O2+. The number of halogens is 1. The molecule has 1 heterocycles. The molecule has 1 fully saturated rings. The van der Waals surface area contributed by atoms with Gasteiger partial charge in [0, 0.05) is 22.2 Å². The van der Waals surface area contributed by atoms with Gasteiger partial charge in [0.2, 0.25) is 0 Å². The highest BCUT2D eigenvalue weighted by atomic mass is 35.5. The van der Waals surface area contributed by atoms with Crippen molar-refractivity contribution >= 4 is 17.8 Å². The molecule has 0 unspecified atom stereocenters. The first kappa shape index (κ1) is 18.5. The first-order valence-corrected chi connectivity index (χ1v) is 9.15. The van der Waals surface area contributed by atoms with Gasteiger partial charge in [-0.25, -0.2) is 0 Å². The topological polar surface area (TPSA) is 38.5 Å². The number of hydrogen-bond acceptors (Lipinski definition) is 4. The molecule has 0 spiro atoms. The third-order valence-electron chi connectivity index (χ3n) is 4.65. The number of ether oxygens (including phenoxy) is 2. The van der Waals surface area contributed by atoms with Crippen LogP contribution in [0.15, 0.2) is 47.6 Å². The van der Waals surface area contributed by atoms with Gasteiger partial charge in [-0.15, -0.1) is 0 Å². The molecule has 0 saturated carbocycles. The minimum absolute atomic E-state index is 0.760. The molecule has 2 aromatic rings. The van der Waals surface area contributed by atoms with Crippen LogP contribution in [-0.2, 0) is 6.54 Å². The molecular weight excluding hydrogens is 350 g/mol. The molecule has 26 heavy (non-hydrogen) atoms. The first-order chi connectivity index (χ1) is 12.7. The maximum atomic E-state index is 6.27. The Kier molecular flexibility index (Phi) is 6.36. The van der Waals surface area contributed by atoms with E-state index < -0.39 is 0 Å². The Bertz CT molecular complexity index is 758. The highest BCUT2D eigenvalue weighted by molar-refractivity contribution is 6.31. The number of methoxy groups -OCH3 is 2. The Morgan fingerprint density at radius 3 is 2.58 bits per heavy atom. The van der Waals surface area contributed by atoms with Crippen LogP contribution in [0.25, 0.3) is 0 Å². The van der Waals surface area contributed by atoms with E-state index in [1.54, 1.807) is 14.2 Å². The Labute approximate surface area is 159 Å². The van der Waals surface area contributed by atoms with Crippen molar-refractivity contribution in [1.29, 1.82) is 0 Å². The number of hydrazone groups is 1. The number of nitrogens with one attached hydrogen (secondary N) is 1. The van der Waals surface area contributed by atoms with Crippen LogP contribution in [-0.4, -0.2) is 51.6 Å². The van der Waals surface area contributed by atoms with Crippen molar-refractivity contribution < 1.29 is 14.4 Å². The highest BCUT2D eigenvalue weighted by Crippen LogP contribution is 2.23. The summed E-state index contributed by atoms with van der Waals surface area (Å²) < 4.78 is 10.6. The fourth-order valence-corrected chi connectivity index (χ4v) is 3.29. The van der Waals surface area contributed by atoms with E-state index in [2.05, 4.69) is 16.2 Å². The van der Waals surface area contributed by atoms with Gasteiger partial charge in [-0.2, -0.15) is 5.10 Å². The van der Waals surface area contributed by atoms with Crippen LogP contribution in [0.2, 0.25) is 5.02 Å². The highest BCUT2D eigenvalue weighted by Gasteiger charge is 2.19. The summed E-state index contributed by atoms with van der Waals surface area (Å²) in [5, 5.41) is 7.59. The van der Waals surface area contributed by atoms with Crippen LogP contribution >= 0.6 is 11.6 Å². The summed E-state index contributed by atoms with van der Waals surface area (Å²) in [6.45, 7) is 4.90. The van der Waals surface area contributed by atoms with Gasteiger partial charge in [-0.05, 0) is 18.2 Å². The lowest BCUT2D eigenvalue weighted by molar-refractivity contribution is -0.918. The maximum absolute atomic E-state index is 6.27. The van der Waals surface area contributed by atoms with Crippen LogP contribution in [0.5, 0.6) is 11.5 Å². The molecule has 6 heteroatoms. The average molecular weight is 375 g/mol. The summed E-state index contributed by atoms with van der Waals surface area (Å²) in [5.41, 5.74) is 2.16. The van der Waals surface area contributed by atoms with Crippen molar-refractivity contribution in [2.24, 2.45) is 5.10 Å². The SMILES string of the molecule is COc1ccc(C=NN2CC[NH+](Cc3ccccc3Cl)CC2)c(OC)c1. The normalized spacial score (nSPS) is 15.4. The van der Waals surface area contributed by atoms with E-state index in [0.29, 0.717) is 0 Å². The molecule has 3 rings (SSSR count). The second-order valence-corrected chi connectivity index (χ2v) is 6.73. The zero-order chi connectivity index (χ0) is 18.4. The van der Waals surface area contributed by atoms with Gasteiger partial charge < -0.3 is 14.4 Å². The van der Waals surface area contributed by atoms with E-state index in [9.17, 15) is 0 Å². The molecule has 1 saturated heterocycles. The predicted molar refractivity (Wildman–Crippen MR) is 105 cm³/mol. The zero-order valence-electron chi connectivity index (χ0n) is 15.2. The third kappa shape index (κ3) is 4.68. The maximum Gasteiger partial charge on any atom is 0.131 e. The second-order valence-electron chi connectivity index (χ2n) is 6.32. The number of piperazine rings is 1. The molecule has 138 valence electrons. The number of rotatable bonds is 6. The number of benzene rings is 2. The molecule has 0 amide bonds. The predicted octanol–water partition coefficient (Wildman–Crippen LogP) is 2.09. The van der Waals surface area contributed by atoms with Crippen molar-refractivity contribution in [3.8, 4) is 11.5 Å². The van der Waals surface area contributed by atoms with E-state index in [1.165, 1.54) is 10.5 Å². The summed E-state index contributed by atoms with van der Waals surface area (Å²) in [6.07, 6.45) is 1.86. The summed E-state index contributed by atoms with van der Waals surface area (Å²) in [6, 6.07) is 13.8. The molecule has 5 nitrogen and oxygen atoms in total. The van der Waals surface area contributed by atoms with Crippen LogP contribution in [0.4, 0.5) is 0 Å². The fraction of sp³-hybridized carbons (Fsp3) is 0.350. The average Bonchev–Trinajstić information content (AvgIpc) is 2.69. The van der Waals surface area contributed by atoms with E-state index in [1.807, 2.05) is 42.6 Å². The minimum Gasteiger partial charge on any atom is -0.497 e. The Morgan fingerprint density at radius 2 is 1.88 bits per heavy atom. The van der Waals surface area contributed by atoms with Gasteiger partial charge in [0.15, 0.2) is 0 Å². The molecule has 1 aliphatic rings. The lowest BCUT2D eigenvalue weighted by Gasteiger charge is -2.30. The zero-order valence-corrected chi connectivity index (χ0v) is 16.0. The van der Waals surface area contributed by atoms with Crippen LogP contribution in [0, 0.1) is 0 Å². The molecule has 2 aromatic carbocycles. The monoisotopic (exact) mass is 374 g/mol. The van der Waals surface area contributed by atoms with Gasteiger partial charge in [-0.3, -0.25) is 5.01 Å². The van der Waals surface area contributed by atoms with E-state index in [0.717, 1.165) is 54.8 Å². The van der Waals surface area contributed by atoms with Crippen molar-refractivity contribution in [3.05, 3.63) is 58.6 Å². The van der Waals surface area contributed by atoms with Crippen molar-refractivity contribution in [2.45, 2.75) is 6.54 Å². The fourth-order valence-electron chi connectivity index (χ4n) is 3.08. The smallest absolute Gasteiger partial charge is 0.131 e. The molecule has 1 aliphatic heterocycles. The van der Waals surface area contributed by atoms with Crippen LogP contribution < -0.4 is 14.4 Å². The lowest BCUT2D eigenvalue weighted by atomic mass is 10.2. The van der Waals surface area contributed by atoms with Crippen LogP contribution in [0.3, 0.4) is 0 Å². The Morgan fingerprint density at radius 1 is 1.12 bits per heavy atom. The van der Waals surface area contributed by atoms with E-state index >= 15 is 0 Å². The standard InChI is InChI=1S/C20H24ClN3O2/c1-25-18-8-7-16(20(13-18)26-2)14-22-24-11-9-23(10-12-24)15-17-5-3-4-6-19(17)21/h3-8,13-14H,9-12,15H2,1-2H3/p+1. The molecule has 0 aromatic heterocycles. The molecule has 1 N–H and O–H groups in total. The van der Waals surface area contributed by atoms with Gasteiger partial charge in [0.25, 0.3) is 0 Å². The quantitative estimate of drug-likeness (QED) is 0.787. The van der Waals surface area contributed by atoms with Crippen molar-refractivity contribution in [1.82, 2.24) is 5.01 Å². The summed E-state index contributed by atoms with van der Waals surface area (Å²) in [4.78, 5) is 1.53. The first-order valence-electron chi connectivity index (χ1n) is 8.77. The molecule has 0 bridgehead atoms. The van der Waals surface area contributed by atoms with Gasteiger partial charge in [0.05, 0.1) is 46.6 Å². The van der Waals surface area contributed by atoms with Crippen molar-refractivity contribution in [2.75, 3.05) is 40.4 Å². The van der Waals surface area contributed by atoms with Gasteiger partial charge in [0.1, 0.15) is 18.0 Å². The second kappa shape index (κ2) is 8.92. The summed E-state index contributed by atoms with van der Waals surface area (Å²) in [7, 11) is 3.30. The van der Waals surface area contributed by atoms with Crippen LogP contribution in [0.1, 0.15) is 11.1 Å². The Hall–Kier alpha value is -2.24. The number of nitrogens with zero attached hydrogens (tertiary/aromatic N) is 2. The Balaban J connectivity index is 1.55.